The fourth-order valence-electron chi connectivity index (χ4n) is 1.11. The number of ether oxygens (including phenoxy) is 1. The van der Waals surface area contributed by atoms with E-state index in [0.717, 1.165) is 0 Å². The number of hydrogen-bond donors (Lipinski definition) is 2. The molecule has 0 aromatic heterocycles. The van der Waals surface area contributed by atoms with Crippen molar-refractivity contribution in [3.63, 3.8) is 0 Å². The SMILES string of the molecule is CCOc1ccc(NC(=O)[C@@H](C)N)cc1F. The largest absolute Gasteiger partial charge is 0.491 e. The third kappa shape index (κ3) is 3.20. The van der Waals surface area contributed by atoms with E-state index in [-0.39, 0.29) is 11.7 Å². The lowest BCUT2D eigenvalue weighted by Crippen LogP contribution is -2.32. The van der Waals surface area contributed by atoms with Crippen molar-refractivity contribution in [1.29, 1.82) is 0 Å². The molecule has 5 heteroatoms. The zero-order chi connectivity index (χ0) is 12.1. The van der Waals surface area contributed by atoms with Crippen LogP contribution in [0.3, 0.4) is 0 Å². The zero-order valence-corrected chi connectivity index (χ0v) is 9.29. The summed E-state index contributed by atoms with van der Waals surface area (Å²) in [6.07, 6.45) is 0. The van der Waals surface area contributed by atoms with E-state index in [9.17, 15) is 9.18 Å². The fourth-order valence-corrected chi connectivity index (χ4v) is 1.11. The molecule has 0 saturated heterocycles. The van der Waals surface area contributed by atoms with Crippen LogP contribution in [0.1, 0.15) is 13.8 Å². The second kappa shape index (κ2) is 5.46. The van der Waals surface area contributed by atoms with Crippen LogP contribution in [0.25, 0.3) is 0 Å². The number of benzene rings is 1. The van der Waals surface area contributed by atoms with E-state index < -0.39 is 11.9 Å². The third-order valence-electron chi connectivity index (χ3n) is 1.91. The van der Waals surface area contributed by atoms with Gasteiger partial charge in [0.15, 0.2) is 11.6 Å². The van der Waals surface area contributed by atoms with E-state index in [2.05, 4.69) is 5.32 Å². The molecule has 0 aliphatic carbocycles. The molecule has 0 aliphatic rings. The van der Waals surface area contributed by atoms with Gasteiger partial charge in [0.25, 0.3) is 0 Å². The molecule has 88 valence electrons. The summed E-state index contributed by atoms with van der Waals surface area (Å²) in [7, 11) is 0. The second-order valence-corrected chi connectivity index (χ2v) is 3.36. The van der Waals surface area contributed by atoms with E-state index in [4.69, 9.17) is 10.5 Å². The van der Waals surface area contributed by atoms with Crippen molar-refractivity contribution >= 4 is 11.6 Å². The van der Waals surface area contributed by atoms with Gasteiger partial charge >= 0.3 is 0 Å². The van der Waals surface area contributed by atoms with Gasteiger partial charge in [-0.05, 0) is 26.0 Å². The van der Waals surface area contributed by atoms with Crippen LogP contribution in [0.4, 0.5) is 10.1 Å². The molecule has 1 aromatic rings. The Balaban J connectivity index is 2.77. The van der Waals surface area contributed by atoms with Gasteiger partial charge in [-0.2, -0.15) is 0 Å². The summed E-state index contributed by atoms with van der Waals surface area (Å²) in [4.78, 5) is 11.2. The van der Waals surface area contributed by atoms with Crippen molar-refractivity contribution in [3.8, 4) is 5.75 Å². The molecule has 16 heavy (non-hydrogen) atoms. The summed E-state index contributed by atoms with van der Waals surface area (Å²) in [5, 5.41) is 2.49. The number of nitrogens with one attached hydrogen (secondary N) is 1. The predicted octanol–water partition coefficient (Wildman–Crippen LogP) is 1.51. The van der Waals surface area contributed by atoms with Crippen LogP contribution in [-0.4, -0.2) is 18.6 Å². The maximum absolute atomic E-state index is 13.4. The predicted molar refractivity (Wildman–Crippen MR) is 59.8 cm³/mol. The van der Waals surface area contributed by atoms with Crippen molar-refractivity contribution in [2.45, 2.75) is 19.9 Å². The molecular formula is C11H15FN2O2. The lowest BCUT2D eigenvalue weighted by Gasteiger charge is -2.09. The molecule has 1 aromatic carbocycles. The van der Waals surface area contributed by atoms with Crippen LogP contribution in [0.5, 0.6) is 5.75 Å². The Labute approximate surface area is 93.6 Å². The van der Waals surface area contributed by atoms with Gasteiger partial charge in [0, 0.05) is 11.8 Å². The quantitative estimate of drug-likeness (QED) is 0.817. The van der Waals surface area contributed by atoms with Crippen LogP contribution in [0, 0.1) is 5.82 Å². The number of nitrogens with two attached hydrogens (primary N) is 1. The summed E-state index contributed by atoms with van der Waals surface area (Å²) in [6, 6.07) is 3.60. The number of hydrogen-bond acceptors (Lipinski definition) is 3. The molecule has 0 aliphatic heterocycles. The molecule has 3 N–H and O–H groups in total. The van der Waals surface area contributed by atoms with E-state index in [1.54, 1.807) is 19.9 Å². The Morgan fingerprint density at radius 2 is 2.31 bits per heavy atom. The maximum Gasteiger partial charge on any atom is 0.241 e. The second-order valence-electron chi connectivity index (χ2n) is 3.36. The van der Waals surface area contributed by atoms with E-state index in [1.807, 2.05) is 0 Å². The highest BCUT2D eigenvalue weighted by molar-refractivity contribution is 5.94. The van der Waals surface area contributed by atoms with Crippen molar-refractivity contribution < 1.29 is 13.9 Å². The normalized spacial score (nSPS) is 12.0. The number of anilines is 1. The monoisotopic (exact) mass is 226 g/mol. The molecule has 1 atom stereocenters. The summed E-state index contributed by atoms with van der Waals surface area (Å²) in [5.74, 6) is -0.700. The van der Waals surface area contributed by atoms with Crippen molar-refractivity contribution in [1.82, 2.24) is 0 Å². The first-order valence-corrected chi connectivity index (χ1v) is 5.03. The Bertz CT molecular complexity index is 380. The van der Waals surface area contributed by atoms with Gasteiger partial charge in [-0.3, -0.25) is 4.79 Å². The number of rotatable bonds is 4. The van der Waals surface area contributed by atoms with Gasteiger partial charge in [0.05, 0.1) is 12.6 Å². The Morgan fingerprint density at radius 1 is 1.62 bits per heavy atom. The Hall–Kier alpha value is -1.62. The van der Waals surface area contributed by atoms with Gasteiger partial charge < -0.3 is 15.8 Å². The molecule has 0 bridgehead atoms. The summed E-state index contributed by atoms with van der Waals surface area (Å²) in [5.41, 5.74) is 5.73. The molecule has 0 unspecified atom stereocenters. The van der Waals surface area contributed by atoms with Crippen molar-refractivity contribution in [2.75, 3.05) is 11.9 Å². The molecule has 0 saturated carbocycles. The van der Waals surface area contributed by atoms with Crippen molar-refractivity contribution in [2.24, 2.45) is 5.73 Å². The molecular weight excluding hydrogens is 211 g/mol. The minimum atomic E-state index is -0.630. The molecule has 4 nitrogen and oxygen atoms in total. The Morgan fingerprint density at radius 3 is 2.81 bits per heavy atom. The lowest BCUT2D eigenvalue weighted by atomic mass is 10.2. The topological polar surface area (TPSA) is 64.3 Å². The van der Waals surface area contributed by atoms with Crippen LogP contribution >= 0.6 is 0 Å². The molecule has 1 rings (SSSR count). The highest BCUT2D eigenvalue weighted by Crippen LogP contribution is 2.21. The van der Waals surface area contributed by atoms with E-state index in [0.29, 0.717) is 12.3 Å². The minimum absolute atomic E-state index is 0.168. The lowest BCUT2D eigenvalue weighted by molar-refractivity contribution is -0.117. The van der Waals surface area contributed by atoms with Gasteiger partial charge in [0.2, 0.25) is 5.91 Å². The summed E-state index contributed by atoms with van der Waals surface area (Å²) in [6.45, 7) is 3.72. The minimum Gasteiger partial charge on any atom is -0.491 e. The first-order valence-electron chi connectivity index (χ1n) is 5.03. The van der Waals surface area contributed by atoms with Crippen molar-refractivity contribution in [3.05, 3.63) is 24.0 Å². The number of halogens is 1. The molecule has 0 spiro atoms. The maximum atomic E-state index is 13.4. The average molecular weight is 226 g/mol. The van der Waals surface area contributed by atoms with Gasteiger partial charge in [0.1, 0.15) is 0 Å². The zero-order valence-electron chi connectivity index (χ0n) is 9.29. The first kappa shape index (κ1) is 12.4. The third-order valence-corrected chi connectivity index (χ3v) is 1.91. The fraction of sp³-hybridized carbons (Fsp3) is 0.364. The highest BCUT2D eigenvalue weighted by Gasteiger charge is 2.09. The van der Waals surface area contributed by atoms with E-state index in [1.165, 1.54) is 12.1 Å². The molecule has 1 amide bonds. The highest BCUT2D eigenvalue weighted by atomic mass is 19.1. The summed E-state index contributed by atoms with van der Waals surface area (Å²) >= 11 is 0. The van der Waals surface area contributed by atoms with Crippen LogP contribution in [-0.2, 0) is 4.79 Å². The van der Waals surface area contributed by atoms with Crippen LogP contribution < -0.4 is 15.8 Å². The van der Waals surface area contributed by atoms with Gasteiger partial charge in [-0.1, -0.05) is 0 Å². The smallest absolute Gasteiger partial charge is 0.241 e. The number of amides is 1. The van der Waals surface area contributed by atoms with Gasteiger partial charge in [-0.15, -0.1) is 0 Å². The number of carbonyl (C=O) groups excluding carboxylic acids is 1. The average Bonchev–Trinajstić information content (AvgIpc) is 2.22. The first-order chi connectivity index (χ1) is 7.54. The Kier molecular flexibility index (Phi) is 4.25. The standard InChI is InChI=1S/C11H15FN2O2/c1-3-16-10-5-4-8(6-9(10)12)14-11(15)7(2)13/h4-7H,3,13H2,1-2H3,(H,14,15)/t7-/m1/s1. The molecule has 0 fully saturated rings. The van der Waals surface area contributed by atoms with Gasteiger partial charge in [-0.25, -0.2) is 4.39 Å². The number of carbonyl (C=O) groups is 1. The summed E-state index contributed by atoms with van der Waals surface area (Å²) < 4.78 is 18.4. The van der Waals surface area contributed by atoms with E-state index >= 15 is 0 Å². The van der Waals surface area contributed by atoms with Crippen LogP contribution in [0.15, 0.2) is 18.2 Å². The molecule has 0 heterocycles. The van der Waals surface area contributed by atoms with Crippen LogP contribution in [0.2, 0.25) is 0 Å². The molecule has 0 radical (unpaired) electrons.